The van der Waals surface area contributed by atoms with Crippen molar-refractivity contribution in [1.29, 1.82) is 0 Å². The minimum absolute atomic E-state index is 0.0886. The van der Waals surface area contributed by atoms with E-state index in [2.05, 4.69) is 15.2 Å². The Kier molecular flexibility index (Phi) is 5.42. The molecule has 1 aliphatic rings. The van der Waals surface area contributed by atoms with Crippen LogP contribution >= 0.6 is 11.6 Å². The number of carbonyl (C=O) groups is 1. The van der Waals surface area contributed by atoms with E-state index in [1.807, 2.05) is 26.8 Å². The van der Waals surface area contributed by atoms with Crippen molar-refractivity contribution in [2.45, 2.75) is 33.7 Å². The maximum absolute atomic E-state index is 12.0. The number of aliphatic hydroxyl groups is 1. The Morgan fingerprint density at radius 2 is 2.23 bits per heavy atom. The summed E-state index contributed by atoms with van der Waals surface area (Å²) in [5.74, 6) is 0.273. The number of nitrogens with zero attached hydrogens (tertiary/aromatic N) is 2. The van der Waals surface area contributed by atoms with Crippen LogP contribution in [0.1, 0.15) is 32.9 Å². The van der Waals surface area contributed by atoms with Gasteiger partial charge in [0.1, 0.15) is 0 Å². The molecule has 1 aromatic rings. The first kappa shape index (κ1) is 17.2. The van der Waals surface area contributed by atoms with Crippen LogP contribution in [0.15, 0.2) is 12.1 Å². The Hall–Kier alpha value is -1.17. The molecule has 22 heavy (non-hydrogen) atoms. The number of hydrogen-bond acceptors (Lipinski definition) is 4. The highest BCUT2D eigenvalue weighted by molar-refractivity contribution is 6.32. The largest absolute Gasteiger partial charge is 0.396 e. The number of carbonyl (C=O) groups excluding carboxylic acids is 1. The molecular formula is C16H24ClN3O2. The minimum atomic E-state index is -0.475. The number of aromatic nitrogens is 1. The predicted molar refractivity (Wildman–Crippen MR) is 87.8 cm³/mol. The van der Waals surface area contributed by atoms with Crippen LogP contribution in [-0.4, -0.2) is 40.6 Å². The van der Waals surface area contributed by atoms with Gasteiger partial charge in [-0.25, -0.2) is 4.98 Å². The summed E-state index contributed by atoms with van der Waals surface area (Å²) in [5.41, 5.74) is 0.939. The molecule has 122 valence electrons. The molecular weight excluding hydrogens is 302 g/mol. The average molecular weight is 326 g/mol. The molecule has 1 saturated heterocycles. The molecule has 0 unspecified atom stereocenters. The van der Waals surface area contributed by atoms with Crippen molar-refractivity contribution in [3.8, 4) is 0 Å². The Morgan fingerprint density at radius 1 is 1.50 bits per heavy atom. The lowest BCUT2D eigenvalue weighted by Crippen LogP contribution is -2.28. The van der Waals surface area contributed by atoms with E-state index in [-0.39, 0.29) is 12.5 Å². The second-order valence-corrected chi connectivity index (χ2v) is 7.28. The normalized spacial score (nSPS) is 19.4. The molecule has 1 aliphatic heterocycles. The number of likely N-dealkylation sites (tertiary alicyclic amines) is 1. The van der Waals surface area contributed by atoms with Crippen LogP contribution in [0.4, 0.5) is 5.69 Å². The van der Waals surface area contributed by atoms with E-state index in [1.165, 1.54) is 0 Å². The maximum atomic E-state index is 12.0. The Morgan fingerprint density at radius 3 is 2.77 bits per heavy atom. The highest BCUT2D eigenvalue weighted by Crippen LogP contribution is 2.24. The molecule has 1 atom stereocenters. The molecule has 1 amide bonds. The Balaban J connectivity index is 1.99. The second kappa shape index (κ2) is 6.94. The molecule has 1 fully saturated rings. The van der Waals surface area contributed by atoms with Crippen LogP contribution in [0.3, 0.4) is 0 Å². The molecule has 6 heteroatoms. The lowest BCUT2D eigenvalue weighted by atomic mass is 9.95. The number of halogens is 1. The molecule has 0 aromatic carbocycles. The van der Waals surface area contributed by atoms with Gasteiger partial charge < -0.3 is 10.4 Å². The van der Waals surface area contributed by atoms with Crippen LogP contribution < -0.4 is 5.32 Å². The van der Waals surface area contributed by atoms with Crippen molar-refractivity contribution in [3.05, 3.63) is 23.0 Å². The van der Waals surface area contributed by atoms with Gasteiger partial charge in [-0.05, 0) is 31.0 Å². The third-order valence-corrected chi connectivity index (χ3v) is 4.14. The molecule has 2 heterocycles. The maximum Gasteiger partial charge on any atom is 0.229 e. The van der Waals surface area contributed by atoms with E-state index >= 15 is 0 Å². The van der Waals surface area contributed by atoms with Crippen LogP contribution in [0, 0.1) is 11.3 Å². The van der Waals surface area contributed by atoms with Gasteiger partial charge in [0.2, 0.25) is 5.91 Å². The van der Waals surface area contributed by atoms with Gasteiger partial charge in [-0.3, -0.25) is 9.69 Å². The Bertz CT molecular complexity index is 543. The summed E-state index contributed by atoms with van der Waals surface area (Å²) in [4.78, 5) is 18.6. The monoisotopic (exact) mass is 325 g/mol. The first-order valence-electron chi connectivity index (χ1n) is 7.59. The van der Waals surface area contributed by atoms with Crippen LogP contribution in [0.25, 0.3) is 0 Å². The highest BCUT2D eigenvalue weighted by Gasteiger charge is 2.23. The van der Waals surface area contributed by atoms with Crippen molar-refractivity contribution < 1.29 is 9.90 Å². The third-order valence-electron chi connectivity index (χ3n) is 3.85. The second-order valence-electron chi connectivity index (χ2n) is 6.92. The van der Waals surface area contributed by atoms with E-state index < -0.39 is 5.41 Å². The number of aliphatic hydroxyl groups excluding tert-OH is 1. The van der Waals surface area contributed by atoms with E-state index in [4.69, 9.17) is 11.6 Å². The SMILES string of the molecule is CC(C)(C)C(=O)Nc1ccc(CN2CC[C@@H](CO)C2)nc1Cl. The fraction of sp³-hybridized carbons (Fsp3) is 0.625. The number of hydrogen-bond donors (Lipinski definition) is 2. The third kappa shape index (κ3) is 4.41. The molecule has 0 saturated carbocycles. The van der Waals surface area contributed by atoms with E-state index in [9.17, 15) is 9.90 Å². The zero-order chi connectivity index (χ0) is 16.3. The smallest absolute Gasteiger partial charge is 0.229 e. The predicted octanol–water partition coefficient (Wildman–Crippen LogP) is 2.53. The molecule has 2 N–H and O–H groups in total. The molecule has 5 nitrogen and oxygen atoms in total. The summed E-state index contributed by atoms with van der Waals surface area (Å²) in [6.07, 6.45) is 1.02. The molecule has 0 spiro atoms. The van der Waals surface area contributed by atoms with Gasteiger partial charge in [0, 0.05) is 25.1 Å². The summed E-state index contributed by atoms with van der Waals surface area (Å²) in [7, 11) is 0. The average Bonchev–Trinajstić information content (AvgIpc) is 2.88. The van der Waals surface area contributed by atoms with E-state index in [0.29, 0.717) is 23.3 Å². The summed E-state index contributed by atoms with van der Waals surface area (Å²) in [5, 5.41) is 12.3. The fourth-order valence-electron chi connectivity index (χ4n) is 2.40. The van der Waals surface area contributed by atoms with Crippen molar-refractivity contribution in [3.63, 3.8) is 0 Å². The van der Waals surface area contributed by atoms with Gasteiger partial charge in [0.25, 0.3) is 0 Å². The standard InChI is InChI=1S/C16H24ClN3O2/c1-16(2,3)15(22)19-13-5-4-12(18-14(13)17)9-20-7-6-11(8-20)10-21/h4-5,11,21H,6-10H2,1-3H3,(H,19,22)/t11-/m1/s1. The molecule has 0 bridgehead atoms. The summed E-state index contributed by atoms with van der Waals surface area (Å²) in [6.45, 7) is 8.35. The number of rotatable bonds is 4. The van der Waals surface area contributed by atoms with E-state index in [0.717, 1.165) is 25.2 Å². The fourth-order valence-corrected chi connectivity index (χ4v) is 2.62. The van der Waals surface area contributed by atoms with Gasteiger partial charge in [0.05, 0.1) is 11.4 Å². The van der Waals surface area contributed by atoms with E-state index in [1.54, 1.807) is 6.07 Å². The topological polar surface area (TPSA) is 65.5 Å². The summed E-state index contributed by atoms with van der Waals surface area (Å²) < 4.78 is 0. The number of nitrogens with one attached hydrogen (secondary N) is 1. The van der Waals surface area contributed by atoms with Crippen molar-refractivity contribution >= 4 is 23.2 Å². The molecule has 0 radical (unpaired) electrons. The zero-order valence-electron chi connectivity index (χ0n) is 13.4. The quantitative estimate of drug-likeness (QED) is 0.835. The lowest BCUT2D eigenvalue weighted by molar-refractivity contribution is -0.123. The molecule has 2 rings (SSSR count). The summed E-state index contributed by atoms with van der Waals surface area (Å²) in [6, 6.07) is 3.68. The zero-order valence-corrected chi connectivity index (χ0v) is 14.2. The van der Waals surface area contributed by atoms with Crippen LogP contribution in [0.2, 0.25) is 5.15 Å². The highest BCUT2D eigenvalue weighted by atomic mass is 35.5. The van der Waals surface area contributed by atoms with Crippen LogP contribution in [0.5, 0.6) is 0 Å². The number of anilines is 1. The van der Waals surface area contributed by atoms with Crippen LogP contribution in [-0.2, 0) is 11.3 Å². The summed E-state index contributed by atoms with van der Waals surface area (Å²) >= 11 is 6.18. The van der Waals surface area contributed by atoms with Gasteiger partial charge in [-0.15, -0.1) is 0 Å². The van der Waals surface area contributed by atoms with Crippen molar-refractivity contribution in [2.75, 3.05) is 25.0 Å². The van der Waals surface area contributed by atoms with Gasteiger partial charge in [0.15, 0.2) is 5.15 Å². The number of pyridine rings is 1. The van der Waals surface area contributed by atoms with Gasteiger partial charge in [-0.2, -0.15) is 0 Å². The number of amides is 1. The minimum Gasteiger partial charge on any atom is -0.396 e. The van der Waals surface area contributed by atoms with Gasteiger partial charge in [-0.1, -0.05) is 32.4 Å². The molecule has 1 aromatic heterocycles. The van der Waals surface area contributed by atoms with Crippen molar-refractivity contribution in [2.24, 2.45) is 11.3 Å². The molecule has 0 aliphatic carbocycles. The Labute approximate surface area is 136 Å². The van der Waals surface area contributed by atoms with Crippen molar-refractivity contribution in [1.82, 2.24) is 9.88 Å². The van der Waals surface area contributed by atoms with Gasteiger partial charge >= 0.3 is 0 Å². The first-order valence-corrected chi connectivity index (χ1v) is 7.97. The first-order chi connectivity index (χ1) is 10.3. The lowest BCUT2D eigenvalue weighted by Gasteiger charge is -2.19.